The third-order valence-electron chi connectivity index (χ3n) is 2.30. The summed E-state index contributed by atoms with van der Waals surface area (Å²) in [4.78, 5) is 4.23. The van der Waals surface area contributed by atoms with E-state index in [0.717, 1.165) is 10.9 Å². The highest BCUT2D eigenvalue weighted by atomic mass is 16.5. The Kier molecular flexibility index (Phi) is 2.33. The van der Waals surface area contributed by atoms with Crippen LogP contribution in [0.4, 0.5) is 5.69 Å². The Balaban J connectivity index is 2.84. The Hall–Kier alpha value is -1.97. The van der Waals surface area contributed by atoms with Crippen molar-refractivity contribution in [1.82, 2.24) is 4.98 Å². The number of benzene rings is 1. The first-order valence-electron chi connectivity index (χ1n) is 4.53. The van der Waals surface area contributed by atoms with Crippen molar-refractivity contribution in [2.24, 2.45) is 0 Å². The molecule has 0 saturated carbocycles. The number of nitrogens with two attached hydrogens (primary N) is 1. The minimum atomic E-state index is 0.585. The van der Waals surface area contributed by atoms with Crippen LogP contribution in [0.5, 0.6) is 11.5 Å². The molecule has 0 aliphatic carbocycles. The molecule has 1 aromatic heterocycles. The summed E-state index contributed by atoms with van der Waals surface area (Å²) in [7, 11) is 3.17. The Morgan fingerprint density at radius 2 is 1.93 bits per heavy atom. The zero-order valence-electron chi connectivity index (χ0n) is 8.65. The van der Waals surface area contributed by atoms with Gasteiger partial charge in [0.2, 0.25) is 0 Å². The van der Waals surface area contributed by atoms with E-state index in [1.54, 1.807) is 26.5 Å². The lowest BCUT2D eigenvalue weighted by Crippen LogP contribution is -1.96. The van der Waals surface area contributed by atoms with Crippen LogP contribution in [0.15, 0.2) is 24.4 Å². The first kappa shape index (κ1) is 9.58. The average molecular weight is 204 g/mol. The van der Waals surface area contributed by atoms with E-state index in [-0.39, 0.29) is 0 Å². The van der Waals surface area contributed by atoms with E-state index in [4.69, 9.17) is 15.2 Å². The molecule has 15 heavy (non-hydrogen) atoms. The summed E-state index contributed by atoms with van der Waals surface area (Å²) < 4.78 is 10.4. The summed E-state index contributed by atoms with van der Waals surface area (Å²) in [6.07, 6.45) is 1.71. The number of rotatable bonds is 2. The van der Waals surface area contributed by atoms with Gasteiger partial charge in [0.25, 0.3) is 0 Å². The molecular formula is C11H12N2O2. The molecule has 0 atom stereocenters. The van der Waals surface area contributed by atoms with E-state index in [2.05, 4.69) is 4.98 Å². The van der Waals surface area contributed by atoms with Crippen molar-refractivity contribution in [2.45, 2.75) is 0 Å². The molecule has 0 radical (unpaired) electrons. The Labute approximate surface area is 87.6 Å². The summed E-state index contributed by atoms with van der Waals surface area (Å²) in [5.41, 5.74) is 7.27. The standard InChI is InChI=1S/C11H12N2O2/c1-14-8-6-9(15-2)11-7(10(8)12)4-3-5-13-11/h3-6H,12H2,1-2H3. The number of methoxy groups -OCH3 is 2. The summed E-state index contributed by atoms with van der Waals surface area (Å²) in [5.74, 6) is 1.27. The number of nitrogen functional groups attached to an aromatic ring is 1. The average Bonchev–Trinajstić information content (AvgIpc) is 2.30. The van der Waals surface area contributed by atoms with E-state index in [9.17, 15) is 0 Å². The molecule has 0 aliphatic rings. The third kappa shape index (κ3) is 1.44. The second-order valence-corrected chi connectivity index (χ2v) is 3.09. The topological polar surface area (TPSA) is 57.4 Å². The van der Waals surface area contributed by atoms with Gasteiger partial charge in [-0.2, -0.15) is 0 Å². The van der Waals surface area contributed by atoms with E-state index >= 15 is 0 Å². The van der Waals surface area contributed by atoms with Crippen LogP contribution < -0.4 is 15.2 Å². The minimum Gasteiger partial charge on any atom is -0.494 e. The van der Waals surface area contributed by atoms with Crippen molar-refractivity contribution in [1.29, 1.82) is 0 Å². The van der Waals surface area contributed by atoms with Crippen LogP contribution in [0.1, 0.15) is 0 Å². The van der Waals surface area contributed by atoms with Crippen molar-refractivity contribution < 1.29 is 9.47 Å². The lowest BCUT2D eigenvalue weighted by atomic mass is 10.1. The van der Waals surface area contributed by atoms with Gasteiger partial charge in [-0.05, 0) is 12.1 Å². The van der Waals surface area contributed by atoms with Crippen molar-refractivity contribution in [3.63, 3.8) is 0 Å². The largest absolute Gasteiger partial charge is 0.494 e. The first-order chi connectivity index (χ1) is 7.27. The molecule has 0 saturated heterocycles. The lowest BCUT2D eigenvalue weighted by molar-refractivity contribution is 0.399. The molecule has 4 heteroatoms. The lowest BCUT2D eigenvalue weighted by Gasteiger charge is -2.10. The Morgan fingerprint density at radius 3 is 2.60 bits per heavy atom. The van der Waals surface area contributed by atoms with Gasteiger partial charge in [-0.3, -0.25) is 4.98 Å². The van der Waals surface area contributed by atoms with Crippen LogP contribution in [0, 0.1) is 0 Å². The number of nitrogens with zero attached hydrogens (tertiary/aromatic N) is 1. The number of hydrogen-bond acceptors (Lipinski definition) is 4. The van der Waals surface area contributed by atoms with Gasteiger partial charge in [0.05, 0.1) is 19.9 Å². The zero-order chi connectivity index (χ0) is 10.8. The van der Waals surface area contributed by atoms with Crippen molar-refractivity contribution >= 4 is 16.6 Å². The Bertz CT molecular complexity index is 497. The molecule has 0 fully saturated rings. The molecule has 0 bridgehead atoms. The molecule has 0 aliphatic heterocycles. The summed E-state index contributed by atoms with van der Waals surface area (Å²) >= 11 is 0. The van der Waals surface area contributed by atoms with Crippen molar-refractivity contribution in [2.75, 3.05) is 20.0 Å². The first-order valence-corrected chi connectivity index (χ1v) is 4.53. The molecule has 2 aromatic rings. The van der Waals surface area contributed by atoms with Gasteiger partial charge in [0.15, 0.2) is 0 Å². The number of aromatic nitrogens is 1. The van der Waals surface area contributed by atoms with Crippen LogP contribution >= 0.6 is 0 Å². The number of anilines is 1. The van der Waals surface area contributed by atoms with Crippen LogP contribution in [0.2, 0.25) is 0 Å². The quantitative estimate of drug-likeness (QED) is 0.758. The third-order valence-corrected chi connectivity index (χ3v) is 2.30. The van der Waals surface area contributed by atoms with Crippen LogP contribution in [-0.4, -0.2) is 19.2 Å². The predicted molar refractivity (Wildman–Crippen MR) is 59.3 cm³/mol. The monoisotopic (exact) mass is 204 g/mol. The minimum absolute atomic E-state index is 0.585. The molecule has 2 N–H and O–H groups in total. The van der Waals surface area contributed by atoms with Crippen molar-refractivity contribution in [3.8, 4) is 11.5 Å². The second kappa shape index (κ2) is 3.65. The van der Waals surface area contributed by atoms with Gasteiger partial charge in [-0.1, -0.05) is 0 Å². The van der Waals surface area contributed by atoms with E-state index in [1.165, 1.54) is 0 Å². The fraction of sp³-hybridized carbons (Fsp3) is 0.182. The highest BCUT2D eigenvalue weighted by Gasteiger charge is 2.10. The molecule has 1 aromatic carbocycles. The van der Waals surface area contributed by atoms with Crippen LogP contribution in [-0.2, 0) is 0 Å². The zero-order valence-corrected chi connectivity index (χ0v) is 8.65. The molecular weight excluding hydrogens is 192 g/mol. The highest BCUT2D eigenvalue weighted by Crippen LogP contribution is 2.36. The van der Waals surface area contributed by atoms with Crippen LogP contribution in [0.25, 0.3) is 10.9 Å². The number of hydrogen-bond donors (Lipinski definition) is 1. The van der Waals surface area contributed by atoms with E-state index in [0.29, 0.717) is 17.2 Å². The smallest absolute Gasteiger partial charge is 0.148 e. The Morgan fingerprint density at radius 1 is 1.20 bits per heavy atom. The molecule has 0 spiro atoms. The number of pyridine rings is 1. The molecule has 0 unspecified atom stereocenters. The molecule has 4 nitrogen and oxygen atoms in total. The van der Waals surface area contributed by atoms with Gasteiger partial charge >= 0.3 is 0 Å². The maximum absolute atomic E-state index is 5.93. The van der Waals surface area contributed by atoms with Crippen LogP contribution in [0.3, 0.4) is 0 Å². The second-order valence-electron chi connectivity index (χ2n) is 3.09. The van der Waals surface area contributed by atoms with Gasteiger partial charge in [0, 0.05) is 17.6 Å². The summed E-state index contributed by atoms with van der Waals surface area (Å²) in [5, 5.41) is 0.841. The fourth-order valence-corrected chi connectivity index (χ4v) is 1.54. The van der Waals surface area contributed by atoms with Gasteiger partial charge in [-0.25, -0.2) is 0 Å². The van der Waals surface area contributed by atoms with E-state index < -0.39 is 0 Å². The normalized spacial score (nSPS) is 10.3. The van der Waals surface area contributed by atoms with Gasteiger partial charge in [0.1, 0.15) is 17.0 Å². The maximum Gasteiger partial charge on any atom is 0.148 e. The van der Waals surface area contributed by atoms with Crippen molar-refractivity contribution in [3.05, 3.63) is 24.4 Å². The van der Waals surface area contributed by atoms with Gasteiger partial charge < -0.3 is 15.2 Å². The molecule has 2 rings (SSSR count). The molecule has 0 amide bonds. The predicted octanol–water partition coefficient (Wildman–Crippen LogP) is 1.83. The molecule has 78 valence electrons. The SMILES string of the molecule is COc1cc(OC)c2ncccc2c1N. The molecule has 1 heterocycles. The fourth-order valence-electron chi connectivity index (χ4n) is 1.54. The maximum atomic E-state index is 5.93. The summed E-state index contributed by atoms with van der Waals surface area (Å²) in [6.45, 7) is 0. The summed E-state index contributed by atoms with van der Waals surface area (Å²) in [6, 6.07) is 5.46. The number of fused-ring (bicyclic) bond motifs is 1. The van der Waals surface area contributed by atoms with Gasteiger partial charge in [-0.15, -0.1) is 0 Å². The number of ether oxygens (including phenoxy) is 2. The highest BCUT2D eigenvalue weighted by molar-refractivity contribution is 5.97. The van der Waals surface area contributed by atoms with E-state index in [1.807, 2.05) is 12.1 Å².